The molecule has 0 saturated carbocycles. The molecule has 64 heavy (non-hydrogen) atoms. The fourth-order valence-corrected chi connectivity index (χ4v) is 9.60. The number of carbonyl (C=O) groups is 6. The smallest absolute Gasteiger partial charge is 0.328 e. The van der Waals surface area contributed by atoms with Crippen molar-refractivity contribution in [3.8, 4) is 0 Å². The first-order valence-electron chi connectivity index (χ1n) is 24.2. The Labute approximate surface area is 386 Å². The number of likely N-dealkylation sites (tertiary alicyclic amines) is 1. The molecule has 0 aromatic heterocycles. The Balaban J connectivity index is 2.24. The Bertz CT molecular complexity index is 1590. The average molecular weight is 899 g/mol. The van der Waals surface area contributed by atoms with E-state index in [0.29, 0.717) is 25.8 Å². The van der Waals surface area contributed by atoms with Crippen LogP contribution >= 0.6 is 0 Å². The Hall–Kier alpha value is -3.84. The van der Waals surface area contributed by atoms with Gasteiger partial charge in [-0.3, -0.25) is 24.0 Å². The molecule has 0 aliphatic carbocycles. The average Bonchev–Trinajstić information content (AvgIpc) is 3.76. The molecule has 1 heterocycles. The molecular formula is C51H86N4O9. The van der Waals surface area contributed by atoms with Crippen molar-refractivity contribution in [1.82, 2.24) is 20.0 Å². The summed E-state index contributed by atoms with van der Waals surface area (Å²) in [6.07, 6.45) is 9.09. The number of unbranched alkanes of at least 4 members (excludes halogenated alkanes) is 6. The minimum Gasteiger partial charge on any atom is -0.467 e. The van der Waals surface area contributed by atoms with Crippen molar-refractivity contribution in [2.24, 2.45) is 29.6 Å². The number of Topliss-reactive ketones (excluding diaryl/α,β-unsaturated/α-hetero) is 1. The fourth-order valence-electron chi connectivity index (χ4n) is 9.60. The topological polar surface area (TPSA) is 152 Å². The maximum atomic E-state index is 14.6. The number of ketones is 1. The van der Waals surface area contributed by atoms with E-state index in [0.717, 1.165) is 31.2 Å². The summed E-state index contributed by atoms with van der Waals surface area (Å²) in [5, 5.41) is 2.87. The number of rotatable bonds is 30. The van der Waals surface area contributed by atoms with Crippen molar-refractivity contribution in [3.63, 3.8) is 0 Å². The number of benzene rings is 1. The van der Waals surface area contributed by atoms with E-state index in [1.165, 1.54) is 39.9 Å². The van der Waals surface area contributed by atoms with Crippen molar-refractivity contribution in [2.45, 2.75) is 182 Å². The maximum absolute atomic E-state index is 14.6. The van der Waals surface area contributed by atoms with E-state index in [1.807, 2.05) is 71.9 Å². The van der Waals surface area contributed by atoms with Crippen molar-refractivity contribution in [2.75, 3.05) is 42.0 Å². The second kappa shape index (κ2) is 28.9. The third-order valence-corrected chi connectivity index (χ3v) is 13.7. The van der Waals surface area contributed by atoms with Crippen molar-refractivity contribution in [1.29, 1.82) is 0 Å². The van der Waals surface area contributed by atoms with Crippen LogP contribution < -0.4 is 5.32 Å². The van der Waals surface area contributed by atoms with Crippen molar-refractivity contribution >= 4 is 35.4 Å². The molecule has 1 aliphatic heterocycles. The number of hydrogen-bond acceptors (Lipinski definition) is 9. The Morgan fingerprint density at radius 1 is 0.797 bits per heavy atom. The van der Waals surface area contributed by atoms with E-state index in [-0.39, 0.29) is 66.4 Å². The number of likely N-dealkylation sites (N-methyl/N-ethyl adjacent to an activating group) is 2. The van der Waals surface area contributed by atoms with Crippen LogP contribution in [0.5, 0.6) is 0 Å². The van der Waals surface area contributed by atoms with Gasteiger partial charge in [0.25, 0.3) is 0 Å². The van der Waals surface area contributed by atoms with Crippen LogP contribution in [-0.2, 0) is 49.4 Å². The fraction of sp³-hybridized carbons (Fsp3) is 0.765. The highest BCUT2D eigenvalue weighted by Gasteiger charge is 2.44. The van der Waals surface area contributed by atoms with E-state index >= 15 is 0 Å². The van der Waals surface area contributed by atoms with Gasteiger partial charge in [-0.05, 0) is 42.6 Å². The molecule has 1 saturated heterocycles. The van der Waals surface area contributed by atoms with E-state index in [1.54, 1.807) is 42.8 Å². The highest BCUT2D eigenvalue weighted by atomic mass is 16.5. The summed E-state index contributed by atoms with van der Waals surface area (Å²) in [6.45, 7) is 16.3. The van der Waals surface area contributed by atoms with Crippen LogP contribution in [0.2, 0.25) is 0 Å². The number of methoxy groups -OCH3 is 3. The number of carbonyl (C=O) groups excluding carboxylic acids is 6. The van der Waals surface area contributed by atoms with E-state index < -0.39 is 54.2 Å². The molecule has 13 heteroatoms. The molecule has 2 rings (SSSR count). The zero-order chi connectivity index (χ0) is 48.1. The van der Waals surface area contributed by atoms with Gasteiger partial charge in [-0.1, -0.05) is 131 Å². The van der Waals surface area contributed by atoms with Crippen LogP contribution in [0.3, 0.4) is 0 Å². The molecular weight excluding hydrogens is 813 g/mol. The Morgan fingerprint density at radius 2 is 1.42 bits per heavy atom. The molecule has 1 aliphatic rings. The van der Waals surface area contributed by atoms with Gasteiger partial charge < -0.3 is 34.2 Å². The zero-order valence-corrected chi connectivity index (χ0v) is 41.9. The minimum atomic E-state index is -0.902. The molecule has 2 unspecified atom stereocenters. The van der Waals surface area contributed by atoms with Gasteiger partial charge in [-0.15, -0.1) is 0 Å². The van der Waals surface area contributed by atoms with Gasteiger partial charge in [0.1, 0.15) is 6.04 Å². The van der Waals surface area contributed by atoms with Crippen LogP contribution in [0.25, 0.3) is 0 Å². The molecule has 1 aromatic rings. The predicted octanol–water partition coefficient (Wildman–Crippen LogP) is 7.66. The van der Waals surface area contributed by atoms with E-state index in [4.69, 9.17) is 14.2 Å². The summed E-state index contributed by atoms with van der Waals surface area (Å²) >= 11 is 0. The zero-order valence-electron chi connectivity index (χ0n) is 41.9. The molecule has 0 radical (unpaired) electrons. The molecule has 4 amide bonds. The summed E-state index contributed by atoms with van der Waals surface area (Å²) in [6, 6.07) is 6.94. The number of nitrogens with zero attached hydrogens (tertiary/aromatic N) is 3. The lowest BCUT2D eigenvalue weighted by molar-refractivity contribution is -0.150. The Kier molecular flexibility index (Phi) is 25.5. The summed E-state index contributed by atoms with van der Waals surface area (Å²) in [4.78, 5) is 88.1. The van der Waals surface area contributed by atoms with E-state index in [2.05, 4.69) is 12.2 Å². The summed E-state index contributed by atoms with van der Waals surface area (Å²) < 4.78 is 17.1. The normalized spacial score (nSPS) is 17.8. The number of amides is 4. The Morgan fingerprint density at radius 3 is 1.97 bits per heavy atom. The third-order valence-electron chi connectivity index (χ3n) is 13.7. The second-order valence-electron chi connectivity index (χ2n) is 18.9. The van der Waals surface area contributed by atoms with E-state index in [9.17, 15) is 28.8 Å². The van der Waals surface area contributed by atoms with Gasteiger partial charge in [-0.2, -0.15) is 0 Å². The van der Waals surface area contributed by atoms with Gasteiger partial charge in [-0.25, -0.2) is 4.79 Å². The van der Waals surface area contributed by atoms with Gasteiger partial charge in [0.15, 0.2) is 5.78 Å². The molecule has 1 fully saturated rings. The summed E-state index contributed by atoms with van der Waals surface area (Å²) in [5.74, 6) is -3.20. The first-order chi connectivity index (χ1) is 30.4. The van der Waals surface area contributed by atoms with Gasteiger partial charge in [0.2, 0.25) is 23.6 Å². The largest absolute Gasteiger partial charge is 0.467 e. The van der Waals surface area contributed by atoms with Crippen molar-refractivity contribution < 1.29 is 43.0 Å². The number of hydrogen-bond donors (Lipinski definition) is 1. The van der Waals surface area contributed by atoms with Crippen molar-refractivity contribution in [3.05, 3.63) is 35.9 Å². The highest BCUT2D eigenvalue weighted by molar-refractivity contribution is 5.93. The standard InChI is InChI=1S/C51H86N4O9/c1-14-16-17-18-19-20-24-29-44(57)53(9)46(35(5)6)42(56)32-39(34(3)4)50(60)54(10)47(36(7)15-2)43(62-11)33-45(58)55-30-25-28-41(55)48(63-12)37(8)49(59)52-40(51(61)64-13)31-38-26-22-21-23-27-38/h21-23,26-27,34-37,39-41,43,46-48H,14-20,24-25,28-33H2,1-13H3,(H,52,59)/t36?,37-,39+,40?,41+,43-,46+,47+,48-/m1/s1. The first-order valence-corrected chi connectivity index (χ1v) is 24.2. The second-order valence-corrected chi connectivity index (χ2v) is 18.9. The molecule has 1 aromatic carbocycles. The lowest BCUT2D eigenvalue weighted by Gasteiger charge is -2.41. The lowest BCUT2D eigenvalue weighted by Crippen LogP contribution is -2.55. The highest BCUT2D eigenvalue weighted by Crippen LogP contribution is 2.31. The molecule has 13 nitrogen and oxygen atoms in total. The number of esters is 1. The number of nitrogens with one attached hydrogen (secondary N) is 1. The monoisotopic (exact) mass is 899 g/mol. The summed E-state index contributed by atoms with van der Waals surface area (Å²) in [5.41, 5.74) is 0.871. The molecule has 364 valence electrons. The number of ether oxygens (including phenoxy) is 3. The van der Waals surface area contributed by atoms with Crippen LogP contribution in [0.1, 0.15) is 144 Å². The lowest BCUT2D eigenvalue weighted by atomic mass is 9.83. The molecule has 0 spiro atoms. The quantitative estimate of drug-likeness (QED) is 0.0606. The van der Waals surface area contributed by atoms with Gasteiger partial charge in [0, 0.05) is 60.0 Å². The minimum absolute atomic E-state index is 0.00516. The van der Waals surface area contributed by atoms with Gasteiger partial charge in [0.05, 0.1) is 49.8 Å². The van der Waals surface area contributed by atoms with Crippen LogP contribution in [0.15, 0.2) is 30.3 Å². The molecule has 9 atom stereocenters. The van der Waals surface area contributed by atoms with Crippen LogP contribution in [0, 0.1) is 29.6 Å². The third kappa shape index (κ3) is 16.5. The van der Waals surface area contributed by atoms with Gasteiger partial charge >= 0.3 is 5.97 Å². The molecule has 0 bridgehead atoms. The predicted molar refractivity (Wildman–Crippen MR) is 252 cm³/mol. The molecule has 1 N–H and O–H groups in total. The first kappa shape index (κ1) is 56.3. The van der Waals surface area contributed by atoms with Crippen LogP contribution in [-0.4, -0.2) is 128 Å². The maximum Gasteiger partial charge on any atom is 0.328 e. The summed E-state index contributed by atoms with van der Waals surface area (Å²) in [7, 11) is 7.83. The SMILES string of the molecule is CCCCCCCCCC(=O)N(C)[C@H](C(=O)C[C@H](C(=O)N(C)[C@@H](C(C)CC)[C@@H](CC(=O)N1CCC[C@H]1[C@H](OC)[C@@H](C)C(=O)NC(Cc1ccccc1)C(=O)OC)OC)C(C)C)C(C)C. The van der Waals surface area contributed by atoms with Crippen LogP contribution in [0.4, 0.5) is 0 Å².